The van der Waals surface area contributed by atoms with Crippen molar-refractivity contribution in [1.29, 1.82) is 0 Å². The summed E-state index contributed by atoms with van der Waals surface area (Å²) < 4.78 is 0. The highest BCUT2D eigenvalue weighted by molar-refractivity contribution is 5.81. The fraction of sp³-hybridized carbons (Fsp3) is 0.750. The Morgan fingerprint density at radius 1 is 1.33 bits per heavy atom. The molecular formula is C8H16N2O2. The number of hydrogen-bond donors (Lipinski definition) is 0. The van der Waals surface area contributed by atoms with Crippen molar-refractivity contribution in [3.63, 3.8) is 0 Å². The van der Waals surface area contributed by atoms with Crippen LogP contribution in [0.3, 0.4) is 0 Å². The fourth-order valence-corrected chi connectivity index (χ4v) is 0.778. The molecule has 0 fully saturated rings. The summed E-state index contributed by atoms with van der Waals surface area (Å²) in [6.07, 6.45) is 4.61. The number of oxime groups is 2. The van der Waals surface area contributed by atoms with E-state index in [-0.39, 0.29) is 0 Å². The second-order valence-electron chi connectivity index (χ2n) is 2.37. The third-order valence-corrected chi connectivity index (χ3v) is 1.30. The van der Waals surface area contributed by atoms with E-state index in [4.69, 9.17) is 0 Å². The van der Waals surface area contributed by atoms with Gasteiger partial charge in [0.25, 0.3) is 0 Å². The van der Waals surface area contributed by atoms with Crippen LogP contribution in [0.1, 0.15) is 26.2 Å². The summed E-state index contributed by atoms with van der Waals surface area (Å²) in [6.45, 7) is 1.94. The van der Waals surface area contributed by atoms with Crippen LogP contribution < -0.4 is 0 Å². The Bertz CT molecular complexity index is 155. The summed E-state index contributed by atoms with van der Waals surface area (Å²) in [4.78, 5) is 9.12. The lowest BCUT2D eigenvalue weighted by Crippen LogP contribution is -1.92. The minimum atomic E-state index is 0.907. The van der Waals surface area contributed by atoms with Crippen molar-refractivity contribution >= 4 is 11.9 Å². The van der Waals surface area contributed by atoms with Gasteiger partial charge in [0.05, 0.1) is 5.71 Å². The SMILES string of the molecule is CO/N=C(/C)CCC/C=N/OC. The molecular weight excluding hydrogens is 156 g/mol. The van der Waals surface area contributed by atoms with Gasteiger partial charge < -0.3 is 9.68 Å². The molecule has 4 heteroatoms. The Labute approximate surface area is 73.2 Å². The summed E-state index contributed by atoms with van der Waals surface area (Å²) >= 11 is 0. The van der Waals surface area contributed by atoms with Crippen LogP contribution in [0, 0.1) is 0 Å². The Morgan fingerprint density at radius 2 is 2.08 bits per heavy atom. The first-order valence-corrected chi connectivity index (χ1v) is 3.93. The summed E-state index contributed by atoms with van der Waals surface area (Å²) in [6, 6.07) is 0. The van der Waals surface area contributed by atoms with E-state index in [1.807, 2.05) is 6.92 Å². The molecule has 70 valence electrons. The first kappa shape index (κ1) is 10.9. The number of hydrogen-bond acceptors (Lipinski definition) is 4. The maximum atomic E-state index is 4.61. The standard InChI is InChI=1S/C8H16N2O2/c1-8(10-12-3)6-4-5-7-9-11-2/h7H,4-6H2,1-3H3/b9-7+,10-8-. The molecule has 0 amide bonds. The minimum Gasteiger partial charge on any atom is -0.399 e. The van der Waals surface area contributed by atoms with Crippen LogP contribution in [-0.2, 0) is 9.68 Å². The zero-order valence-electron chi connectivity index (χ0n) is 7.91. The molecule has 0 radical (unpaired) electrons. The first-order chi connectivity index (χ1) is 5.81. The van der Waals surface area contributed by atoms with E-state index in [0.29, 0.717) is 0 Å². The molecule has 0 rings (SSSR count). The number of unbranched alkanes of at least 4 members (excludes halogenated alkanes) is 1. The van der Waals surface area contributed by atoms with Crippen LogP contribution >= 0.6 is 0 Å². The Morgan fingerprint density at radius 3 is 2.67 bits per heavy atom. The van der Waals surface area contributed by atoms with Gasteiger partial charge in [0.15, 0.2) is 0 Å². The topological polar surface area (TPSA) is 43.2 Å². The first-order valence-electron chi connectivity index (χ1n) is 3.93. The Balaban J connectivity index is 3.31. The summed E-state index contributed by atoms with van der Waals surface area (Å²) in [5.74, 6) is 0. The molecule has 0 saturated heterocycles. The zero-order valence-corrected chi connectivity index (χ0v) is 7.91. The van der Waals surface area contributed by atoms with Crippen molar-refractivity contribution in [3.8, 4) is 0 Å². The summed E-state index contributed by atoms with van der Waals surface area (Å²) in [5.41, 5.74) is 1.00. The molecule has 0 aromatic rings. The highest BCUT2D eigenvalue weighted by atomic mass is 16.6. The van der Waals surface area contributed by atoms with Crippen LogP contribution in [0.25, 0.3) is 0 Å². The van der Waals surface area contributed by atoms with Gasteiger partial charge in [0.1, 0.15) is 14.2 Å². The molecule has 0 aliphatic carbocycles. The maximum absolute atomic E-state index is 4.61. The van der Waals surface area contributed by atoms with E-state index in [1.165, 1.54) is 7.11 Å². The monoisotopic (exact) mass is 172 g/mol. The average molecular weight is 172 g/mol. The molecule has 12 heavy (non-hydrogen) atoms. The number of nitrogens with zero attached hydrogens (tertiary/aromatic N) is 2. The van der Waals surface area contributed by atoms with E-state index in [2.05, 4.69) is 20.0 Å². The number of rotatable bonds is 6. The van der Waals surface area contributed by atoms with Crippen molar-refractivity contribution in [3.05, 3.63) is 0 Å². The van der Waals surface area contributed by atoms with Gasteiger partial charge in [-0.2, -0.15) is 0 Å². The zero-order chi connectivity index (χ0) is 9.23. The second-order valence-corrected chi connectivity index (χ2v) is 2.37. The van der Waals surface area contributed by atoms with E-state index < -0.39 is 0 Å². The smallest absolute Gasteiger partial charge is 0.106 e. The molecule has 4 nitrogen and oxygen atoms in total. The molecule has 0 unspecified atom stereocenters. The maximum Gasteiger partial charge on any atom is 0.106 e. The molecule has 0 aliphatic rings. The van der Waals surface area contributed by atoms with E-state index in [1.54, 1.807) is 13.3 Å². The summed E-state index contributed by atoms with van der Waals surface area (Å²) in [5, 5.41) is 7.40. The van der Waals surface area contributed by atoms with Gasteiger partial charge in [-0.25, -0.2) is 0 Å². The molecule has 0 bridgehead atoms. The highest BCUT2D eigenvalue weighted by Crippen LogP contribution is 1.96. The van der Waals surface area contributed by atoms with Crippen molar-refractivity contribution in [2.24, 2.45) is 10.3 Å². The van der Waals surface area contributed by atoms with Crippen LogP contribution in [0.15, 0.2) is 10.3 Å². The highest BCUT2D eigenvalue weighted by Gasteiger charge is 1.90. The second kappa shape index (κ2) is 8.04. The molecule has 0 aliphatic heterocycles. The van der Waals surface area contributed by atoms with Gasteiger partial charge in [-0.15, -0.1) is 0 Å². The lowest BCUT2D eigenvalue weighted by Gasteiger charge is -1.95. The van der Waals surface area contributed by atoms with Crippen molar-refractivity contribution < 1.29 is 9.68 Å². The molecule has 0 saturated carbocycles. The lowest BCUT2D eigenvalue weighted by atomic mass is 10.2. The largest absolute Gasteiger partial charge is 0.399 e. The van der Waals surface area contributed by atoms with Crippen molar-refractivity contribution in [2.45, 2.75) is 26.2 Å². The van der Waals surface area contributed by atoms with Gasteiger partial charge in [-0.1, -0.05) is 10.3 Å². The third kappa shape index (κ3) is 7.05. The molecule has 0 N–H and O–H groups in total. The third-order valence-electron chi connectivity index (χ3n) is 1.30. The van der Waals surface area contributed by atoms with Gasteiger partial charge >= 0.3 is 0 Å². The average Bonchev–Trinajstić information content (AvgIpc) is 2.05. The molecule has 0 aromatic heterocycles. The molecule has 0 aromatic carbocycles. The van der Waals surface area contributed by atoms with Gasteiger partial charge in [-0.3, -0.25) is 0 Å². The van der Waals surface area contributed by atoms with Crippen LogP contribution in [0.4, 0.5) is 0 Å². The van der Waals surface area contributed by atoms with Gasteiger partial charge in [0.2, 0.25) is 0 Å². The molecule has 0 atom stereocenters. The minimum absolute atomic E-state index is 0.907. The quantitative estimate of drug-likeness (QED) is 0.348. The predicted molar refractivity (Wildman–Crippen MR) is 49.5 cm³/mol. The van der Waals surface area contributed by atoms with Crippen LogP contribution in [0.2, 0.25) is 0 Å². The Hall–Kier alpha value is -1.06. The van der Waals surface area contributed by atoms with Crippen molar-refractivity contribution in [2.75, 3.05) is 14.2 Å². The predicted octanol–water partition coefficient (Wildman–Crippen LogP) is 1.81. The normalized spacial score (nSPS) is 12.1. The summed E-state index contributed by atoms with van der Waals surface area (Å²) in [7, 11) is 3.09. The van der Waals surface area contributed by atoms with Gasteiger partial charge in [-0.05, 0) is 26.2 Å². The lowest BCUT2D eigenvalue weighted by molar-refractivity contribution is 0.212. The van der Waals surface area contributed by atoms with E-state index in [9.17, 15) is 0 Å². The van der Waals surface area contributed by atoms with Gasteiger partial charge in [0, 0.05) is 6.21 Å². The fourth-order valence-electron chi connectivity index (χ4n) is 0.778. The Kier molecular flexibility index (Phi) is 7.33. The van der Waals surface area contributed by atoms with E-state index >= 15 is 0 Å². The van der Waals surface area contributed by atoms with Crippen molar-refractivity contribution in [1.82, 2.24) is 0 Å². The van der Waals surface area contributed by atoms with Crippen LogP contribution in [-0.4, -0.2) is 26.1 Å². The molecule has 0 heterocycles. The van der Waals surface area contributed by atoms with Crippen LogP contribution in [0.5, 0.6) is 0 Å². The molecule has 0 spiro atoms. The van der Waals surface area contributed by atoms with E-state index in [0.717, 1.165) is 25.0 Å².